The summed E-state index contributed by atoms with van der Waals surface area (Å²) in [5, 5.41) is 3.37. The van der Waals surface area contributed by atoms with Crippen LogP contribution in [0.2, 0.25) is 0 Å². The second-order valence-electron chi connectivity index (χ2n) is 4.55. The van der Waals surface area contributed by atoms with Crippen LogP contribution < -0.4 is 15.8 Å². The predicted molar refractivity (Wildman–Crippen MR) is 82.0 cm³/mol. The molecular formula is C16H21N3O. The summed E-state index contributed by atoms with van der Waals surface area (Å²) in [6.45, 7) is 3.12. The Kier molecular flexibility index (Phi) is 5.38. The number of hydrogen-bond donors (Lipinski definition) is 2. The highest BCUT2D eigenvalue weighted by molar-refractivity contribution is 5.50. The zero-order valence-electron chi connectivity index (χ0n) is 11.8. The highest BCUT2D eigenvalue weighted by Crippen LogP contribution is 2.22. The van der Waals surface area contributed by atoms with Gasteiger partial charge in [-0.05, 0) is 31.0 Å². The minimum Gasteiger partial charge on any atom is -0.490 e. The molecule has 4 heteroatoms. The third-order valence-corrected chi connectivity index (χ3v) is 3.02. The Labute approximate surface area is 120 Å². The number of hydrogen-bond acceptors (Lipinski definition) is 4. The average molecular weight is 271 g/mol. The summed E-state index contributed by atoms with van der Waals surface area (Å²) in [6.07, 6.45) is 2.61. The molecule has 0 fully saturated rings. The van der Waals surface area contributed by atoms with E-state index in [-0.39, 0.29) is 6.04 Å². The molecule has 0 saturated heterocycles. The molecule has 1 aromatic carbocycles. The summed E-state index contributed by atoms with van der Waals surface area (Å²) in [6, 6.07) is 14.2. The first kappa shape index (κ1) is 14.3. The topological polar surface area (TPSA) is 60.2 Å². The van der Waals surface area contributed by atoms with Crippen molar-refractivity contribution >= 4 is 5.82 Å². The summed E-state index contributed by atoms with van der Waals surface area (Å²) < 4.78 is 5.57. The molecule has 0 saturated carbocycles. The average Bonchev–Trinajstić information content (AvgIpc) is 2.50. The van der Waals surface area contributed by atoms with Crippen LogP contribution in [-0.4, -0.2) is 24.2 Å². The normalized spacial score (nSPS) is 11.9. The molecule has 1 unspecified atom stereocenters. The van der Waals surface area contributed by atoms with E-state index >= 15 is 0 Å². The highest BCUT2D eigenvalue weighted by Gasteiger charge is 2.11. The quantitative estimate of drug-likeness (QED) is 0.812. The van der Waals surface area contributed by atoms with Crippen molar-refractivity contribution in [1.29, 1.82) is 0 Å². The minimum atomic E-state index is 0.131. The monoisotopic (exact) mass is 271 g/mol. The van der Waals surface area contributed by atoms with Gasteiger partial charge >= 0.3 is 0 Å². The Morgan fingerprint density at radius 1 is 1.20 bits per heavy atom. The SMILES string of the molecule is CCOc1cccnc1NC(CN)Cc1ccccc1. The van der Waals surface area contributed by atoms with Crippen LogP contribution in [0.4, 0.5) is 5.82 Å². The number of pyridine rings is 1. The number of rotatable bonds is 7. The number of nitrogens with two attached hydrogens (primary N) is 1. The Bertz CT molecular complexity index is 516. The summed E-state index contributed by atoms with van der Waals surface area (Å²) in [7, 11) is 0. The number of nitrogens with one attached hydrogen (secondary N) is 1. The number of ether oxygens (including phenoxy) is 1. The molecule has 0 aliphatic carbocycles. The van der Waals surface area contributed by atoms with E-state index < -0.39 is 0 Å². The van der Waals surface area contributed by atoms with E-state index in [9.17, 15) is 0 Å². The fourth-order valence-electron chi connectivity index (χ4n) is 2.06. The molecule has 0 amide bonds. The van der Waals surface area contributed by atoms with Crippen molar-refractivity contribution in [2.45, 2.75) is 19.4 Å². The first-order valence-corrected chi connectivity index (χ1v) is 6.91. The van der Waals surface area contributed by atoms with Crippen molar-refractivity contribution in [3.05, 3.63) is 54.2 Å². The molecule has 1 atom stereocenters. The molecule has 1 heterocycles. The largest absolute Gasteiger partial charge is 0.490 e. The summed E-state index contributed by atoms with van der Waals surface area (Å²) in [5.74, 6) is 1.52. The standard InChI is InChI=1S/C16H21N3O/c1-2-20-15-9-6-10-18-16(15)19-14(12-17)11-13-7-4-3-5-8-13/h3-10,14H,2,11-12,17H2,1H3,(H,18,19). The van der Waals surface area contributed by atoms with E-state index in [0.717, 1.165) is 18.0 Å². The lowest BCUT2D eigenvalue weighted by Crippen LogP contribution is -2.31. The van der Waals surface area contributed by atoms with Gasteiger partial charge < -0.3 is 15.8 Å². The van der Waals surface area contributed by atoms with Gasteiger partial charge in [-0.2, -0.15) is 0 Å². The maximum Gasteiger partial charge on any atom is 0.169 e. The first-order chi connectivity index (χ1) is 9.83. The predicted octanol–water partition coefficient (Wildman–Crippen LogP) is 2.46. The second kappa shape index (κ2) is 7.50. The number of nitrogens with zero attached hydrogens (tertiary/aromatic N) is 1. The van der Waals surface area contributed by atoms with Crippen molar-refractivity contribution in [2.24, 2.45) is 5.73 Å². The summed E-state index contributed by atoms with van der Waals surface area (Å²) >= 11 is 0. The van der Waals surface area contributed by atoms with Gasteiger partial charge in [0.15, 0.2) is 11.6 Å². The molecule has 0 spiro atoms. The van der Waals surface area contributed by atoms with Gasteiger partial charge in [-0.3, -0.25) is 0 Å². The van der Waals surface area contributed by atoms with E-state index in [1.807, 2.05) is 37.3 Å². The number of benzene rings is 1. The van der Waals surface area contributed by atoms with Crippen molar-refractivity contribution in [1.82, 2.24) is 4.98 Å². The van der Waals surface area contributed by atoms with Gasteiger partial charge in [-0.15, -0.1) is 0 Å². The Morgan fingerprint density at radius 2 is 2.00 bits per heavy atom. The van der Waals surface area contributed by atoms with E-state index in [1.54, 1.807) is 6.20 Å². The number of aromatic nitrogens is 1. The van der Waals surface area contributed by atoms with Crippen LogP contribution in [0.15, 0.2) is 48.7 Å². The van der Waals surface area contributed by atoms with E-state index in [4.69, 9.17) is 10.5 Å². The second-order valence-corrected chi connectivity index (χ2v) is 4.55. The van der Waals surface area contributed by atoms with E-state index in [2.05, 4.69) is 22.4 Å². The molecule has 0 bridgehead atoms. The molecule has 106 valence electrons. The fourth-order valence-corrected chi connectivity index (χ4v) is 2.06. The first-order valence-electron chi connectivity index (χ1n) is 6.91. The molecule has 4 nitrogen and oxygen atoms in total. The zero-order chi connectivity index (χ0) is 14.2. The van der Waals surface area contributed by atoms with E-state index in [0.29, 0.717) is 13.2 Å². The van der Waals surface area contributed by atoms with Gasteiger partial charge in [0.2, 0.25) is 0 Å². The van der Waals surface area contributed by atoms with Gasteiger partial charge in [0.05, 0.1) is 6.61 Å². The molecule has 0 aliphatic rings. The third kappa shape index (κ3) is 3.96. The summed E-state index contributed by atoms with van der Waals surface area (Å²) in [4.78, 5) is 4.34. The van der Waals surface area contributed by atoms with Crippen LogP contribution in [0.25, 0.3) is 0 Å². The van der Waals surface area contributed by atoms with Gasteiger partial charge in [-0.1, -0.05) is 30.3 Å². The third-order valence-electron chi connectivity index (χ3n) is 3.02. The molecule has 1 aromatic heterocycles. The van der Waals surface area contributed by atoms with Crippen LogP contribution in [0.3, 0.4) is 0 Å². The molecule has 2 aromatic rings. The lowest BCUT2D eigenvalue weighted by molar-refractivity contribution is 0.340. The van der Waals surface area contributed by atoms with Crippen LogP contribution in [0.1, 0.15) is 12.5 Å². The maximum atomic E-state index is 5.86. The van der Waals surface area contributed by atoms with Crippen LogP contribution in [0.5, 0.6) is 5.75 Å². The lowest BCUT2D eigenvalue weighted by Gasteiger charge is -2.19. The minimum absolute atomic E-state index is 0.131. The van der Waals surface area contributed by atoms with Gasteiger partial charge in [0, 0.05) is 18.8 Å². The number of anilines is 1. The van der Waals surface area contributed by atoms with Gasteiger partial charge in [0.1, 0.15) is 0 Å². The molecule has 2 rings (SSSR count). The van der Waals surface area contributed by atoms with Crippen LogP contribution in [-0.2, 0) is 6.42 Å². The molecule has 0 aliphatic heterocycles. The van der Waals surface area contributed by atoms with E-state index in [1.165, 1.54) is 5.56 Å². The molecule has 3 N–H and O–H groups in total. The molecule has 0 radical (unpaired) electrons. The van der Waals surface area contributed by atoms with Gasteiger partial charge in [-0.25, -0.2) is 4.98 Å². The van der Waals surface area contributed by atoms with Crippen molar-refractivity contribution in [3.63, 3.8) is 0 Å². The molecule has 20 heavy (non-hydrogen) atoms. The van der Waals surface area contributed by atoms with Crippen molar-refractivity contribution < 1.29 is 4.74 Å². The smallest absolute Gasteiger partial charge is 0.169 e. The Balaban J connectivity index is 2.06. The highest BCUT2D eigenvalue weighted by atomic mass is 16.5. The fraction of sp³-hybridized carbons (Fsp3) is 0.312. The van der Waals surface area contributed by atoms with Crippen LogP contribution in [0, 0.1) is 0 Å². The maximum absolute atomic E-state index is 5.86. The van der Waals surface area contributed by atoms with Crippen molar-refractivity contribution in [3.8, 4) is 5.75 Å². The van der Waals surface area contributed by atoms with Crippen LogP contribution >= 0.6 is 0 Å². The summed E-state index contributed by atoms with van der Waals surface area (Å²) in [5.41, 5.74) is 7.12. The Morgan fingerprint density at radius 3 is 2.70 bits per heavy atom. The zero-order valence-corrected chi connectivity index (χ0v) is 11.8. The Hall–Kier alpha value is -2.07. The lowest BCUT2D eigenvalue weighted by atomic mass is 10.1. The molecular weight excluding hydrogens is 250 g/mol. The van der Waals surface area contributed by atoms with Gasteiger partial charge in [0.25, 0.3) is 0 Å². The van der Waals surface area contributed by atoms with Crippen molar-refractivity contribution in [2.75, 3.05) is 18.5 Å².